The standard InChI is InChI=1S/C8H14O8/c1-8(16-7(13)14)6(12)5(11)4(10)3(2-9)15-8/h3-6,9-12H,2H2,1H3,(H,13,14)/t3-,4-,5+,6-,8?/m1/s1. The zero-order valence-electron chi connectivity index (χ0n) is 8.48. The Balaban J connectivity index is 2.89. The Morgan fingerprint density at radius 3 is 2.38 bits per heavy atom. The van der Waals surface area contributed by atoms with Gasteiger partial charge in [-0.1, -0.05) is 0 Å². The number of ether oxygens (including phenoxy) is 2. The van der Waals surface area contributed by atoms with Gasteiger partial charge in [-0.05, 0) is 0 Å². The van der Waals surface area contributed by atoms with E-state index in [-0.39, 0.29) is 0 Å². The van der Waals surface area contributed by atoms with Crippen LogP contribution < -0.4 is 0 Å². The van der Waals surface area contributed by atoms with Gasteiger partial charge >= 0.3 is 6.16 Å². The first-order valence-corrected chi connectivity index (χ1v) is 4.56. The van der Waals surface area contributed by atoms with Crippen molar-refractivity contribution >= 4 is 6.16 Å². The van der Waals surface area contributed by atoms with Crippen molar-refractivity contribution in [2.45, 2.75) is 37.1 Å². The summed E-state index contributed by atoms with van der Waals surface area (Å²) in [6, 6.07) is 0. The van der Waals surface area contributed by atoms with E-state index in [0.717, 1.165) is 6.92 Å². The van der Waals surface area contributed by atoms with E-state index in [9.17, 15) is 20.1 Å². The molecule has 8 heteroatoms. The number of hydrogen-bond acceptors (Lipinski definition) is 7. The van der Waals surface area contributed by atoms with Crippen LogP contribution in [0.3, 0.4) is 0 Å². The Bertz CT molecular complexity index is 267. The van der Waals surface area contributed by atoms with Gasteiger partial charge in [0, 0.05) is 6.92 Å². The summed E-state index contributed by atoms with van der Waals surface area (Å²) in [5.41, 5.74) is 0. The van der Waals surface area contributed by atoms with E-state index in [1.54, 1.807) is 0 Å². The van der Waals surface area contributed by atoms with Gasteiger partial charge in [-0.15, -0.1) is 0 Å². The highest BCUT2D eigenvalue weighted by atomic mass is 16.8. The van der Waals surface area contributed by atoms with Crippen LogP contribution in [0.5, 0.6) is 0 Å². The van der Waals surface area contributed by atoms with Crippen molar-refractivity contribution in [3.05, 3.63) is 0 Å². The van der Waals surface area contributed by atoms with E-state index in [0.29, 0.717) is 0 Å². The van der Waals surface area contributed by atoms with Crippen LogP contribution in [-0.2, 0) is 9.47 Å². The van der Waals surface area contributed by atoms with Crippen molar-refractivity contribution in [3.63, 3.8) is 0 Å². The molecule has 0 aromatic carbocycles. The van der Waals surface area contributed by atoms with Gasteiger partial charge in [0.25, 0.3) is 0 Å². The Hall–Kier alpha value is -0.930. The van der Waals surface area contributed by atoms with E-state index in [1.165, 1.54) is 0 Å². The topological polar surface area (TPSA) is 137 Å². The lowest BCUT2D eigenvalue weighted by Gasteiger charge is -2.44. The third-order valence-corrected chi connectivity index (χ3v) is 2.45. The van der Waals surface area contributed by atoms with Crippen LogP contribution in [-0.4, -0.2) is 68.5 Å². The Morgan fingerprint density at radius 1 is 1.38 bits per heavy atom. The molecule has 0 spiro atoms. The molecule has 0 aliphatic carbocycles. The molecule has 1 rings (SSSR count). The third-order valence-electron chi connectivity index (χ3n) is 2.45. The van der Waals surface area contributed by atoms with Crippen LogP contribution in [0.15, 0.2) is 0 Å². The zero-order valence-corrected chi connectivity index (χ0v) is 8.48. The van der Waals surface area contributed by atoms with Crippen molar-refractivity contribution in [1.29, 1.82) is 0 Å². The monoisotopic (exact) mass is 238 g/mol. The van der Waals surface area contributed by atoms with Crippen LogP contribution in [0.25, 0.3) is 0 Å². The minimum Gasteiger partial charge on any atom is -0.450 e. The SMILES string of the molecule is CC1(OC(=O)O)O[C@H](CO)[C@@H](O)[C@H](O)[C@H]1O. The molecule has 0 saturated carbocycles. The number of hydrogen-bond donors (Lipinski definition) is 5. The maximum atomic E-state index is 10.4. The van der Waals surface area contributed by atoms with Gasteiger partial charge in [0.2, 0.25) is 5.79 Å². The molecule has 1 aliphatic rings. The molecule has 5 atom stereocenters. The lowest BCUT2D eigenvalue weighted by atomic mass is 9.93. The average Bonchev–Trinajstić information content (AvgIpc) is 2.20. The summed E-state index contributed by atoms with van der Waals surface area (Å²) in [5.74, 6) is -2.03. The minimum absolute atomic E-state index is 0.649. The van der Waals surface area contributed by atoms with Gasteiger partial charge in [0.05, 0.1) is 6.61 Å². The van der Waals surface area contributed by atoms with Gasteiger partial charge in [-0.3, -0.25) is 0 Å². The van der Waals surface area contributed by atoms with Crippen molar-refractivity contribution in [2.75, 3.05) is 6.61 Å². The number of aliphatic hydroxyl groups is 4. The summed E-state index contributed by atoms with van der Waals surface area (Å²) in [4.78, 5) is 10.4. The average molecular weight is 238 g/mol. The highest BCUT2D eigenvalue weighted by Gasteiger charge is 2.53. The fourth-order valence-corrected chi connectivity index (χ4v) is 1.56. The zero-order chi connectivity index (χ0) is 12.5. The van der Waals surface area contributed by atoms with Crippen molar-refractivity contribution < 1.29 is 39.8 Å². The van der Waals surface area contributed by atoms with Crippen molar-refractivity contribution in [3.8, 4) is 0 Å². The highest BCUT2D eigenvalue weighted by Crippen LogP contribution is 2.30. The summed E-state index contributed by atoms with van der Waals surface area (Å²) in [6.07, 6.45) is -7.88. The molecule has 0 aromatic rings. The van der Waals surface area contributed by atoms with Gasteiger partial charge in [0.15, 0.2) is 0 Å². The second-order valence-corrected chi connectivity index (χ2v) is 3.65. The van der Waals surface area contributed by atoms with E-state index in [1.807, 2.05) is 0 Å². The van der Waals surface area contributed by atoms with Crippen LogP contribution in [0.1, 0.15) is 6.92 Å². The first-order valence-electron chi connectivity index (χ1n) is 4.56. The maximum Gasteiger partial charge on any atom is 0.508 e. The van der Waals surface area contributed by atoms with Gasteiger partial charge in [0.1, 0.15) is 24.4 Å². The van der Waals surface area contributed by atoms with E-state index in [2.05, 4.69) is 4.74 Å². The largest absolute Gasteiger partial charge is 0.508 e. The number of aliphatic hydroxyl groups excluding tert-OH is 4. The highest BCUT2D eigenvalue weighted by molar-refractivity contribution is 5.57. The quantitative estimate of drug-likeness (QED) is 0.344. The van der Waals surface area contributed by atoms with Crippen LogP contribution in [0.4, 0.5) is 4.79 Å². The predicted octanol–water partition coefficient (Wildman–Crippen LogP) is -2.13. The minimum atomic E-state index is -2.03. The lowest BCUT2D eigenvalue weighted by molar-refractivity contribution is -0.341. The van der Waals surface area contributed by atoms with Crippen LogP contribution >= 0.6 is 0 Å². The molecule has 1 saturated heterocycles. The number of carboxylic acid groups (broad SMARTS) is 1. The van der Waals surface area contributed by atoms with Gasteiger partial charge in [-0.25, -0.2) is 4.79 Å². The second kappa shape index (κ2) is 4.52. The molecule has 8 nitrogen and oxygen atoms in total. The van der Waals surface area contributed by atoms with Gasteiger partial charge in [-0.2, -0.15) is 0 Å². The molecule has 1 aliphatic heterocycles. The fraction of sp³-hybridized carbons (Fsp3) is 0.875. The molecule has 1 fully saturated rings. The molecule has 0 aromatic heterocycles. The smallest absolute Gasteiger partial charge is 0.450 e. The van der Waals surface area contributed by atoms with Crippen molar-refractivity contribution in [1.82, 2.24) is 0 Å². The summed E-state index contributed by atoms with van der Waals surface area (Å²) in [5, 5.41) is 45.6. The summed E-state index contributed by atoms with van der Waals surface area (Å²) < 4.78 is 9.22. The predicted molar refractivity (Wildman–Crippen MR) is 47.5 cm³/mol. The van der Waals surface area contributed by atoms with Crippen LogP contribution in [0, 0.1) is 0 Å². The fourth-order valence-electron chi connectivity index (χ4n) is 1.56. The summed E-state index contributed by atoms with van der Waals surface area (Å²) >= 11 is 0. The molecule has 0 bridgehead atoms. The summed E-state index contributed by atoms with van der Waals surface area (Å²) in [7, 11) is 0. The first-order chi connectivity index (χ1) is 7.31. The first kappa shape index (κ1) is 13.1. The van der Waals surface area contributed by atoms with E-state index >= 15 is 0 Å². The molecular weight excluding hydrogens is 224 g/mol. The number of rotatable bonds is 2. The molecule has 94 valence electrons. The Morgan fingerprint density at radius 2 is 1.94 bits per heavy atom. The molecule has 0 amide bonds. The van der Waals surface area contributed by atoms with Crippen molar-refractivity contribution in [2.24, 2.45) is 0 Å². The third kappa shape index (κ3) is 2.25. The lowest BCUT2D eigenvalue weighted by Crippen LogP contribution is -2.65. The molecular formula is C8H14O8. The molecule has 1 heterocycles. The Labute approximate surface area is 90.6 Å². The van der Waals surface area contributed by atoms with E-state index in [4.69, 9.17) is 14.9 Å². The second-order valence-electron chi connectivity index (χ2n) is 3.65. The summed E-state index contributed by atoms with van der Waals surface area (Å²) in [6.45, 7) is 0.438. The maximum absolute atomic E-state index is 10.4. The Kier molecular flexibility index (Phi) is 3.71. The molecule has 1 unspecified atom stereocenters. The molecule has 5 N–H and O–H groups in total. The number of carbonyl (C=O) groups is 1. The molecule has 0 radical (unpaired) electrons. The molecule has 16 heavy (non-hydrogen) atoms. The van der Waals surface area contributed by atoms with Gasteiger partial charge < -0.3 is 35.0 Å². The van der Waals surface area contributed by atoms with E-state index < -0.39 is 43.0 Å². The van der Waals surface area contributed by atoms with Crippen LogP contribution in [0.2, 0.25) is 0 Å². The normalized spacial score (nSPS) is 44.1.